The minimum absolute atomic E-state index is 0.892. The van der Waals surface area contributed by atoms with Gasteiger partial charge in [-0.1, -0.05) is 36.4 Å². The van der Waals surface area contributed by atoms with E-state index in [1.807, 2.05) is 30.7 Å². The predicted octanol–water partition coefficient (Wildman–Crippen LogP) is 5.16. The van der Waals surface area contributed by atoms with Gasteiger partial charge in [-0.2, -0.15) is 0 Å². The molecule has 4 nitrogen and oxygen atoms in total. The van der Waals surface area contributed by atoms with Crippen molar-refractivity contribution in [1.29, 1.82) is 0 Å². The van der Waals surface area contributed by atoms with E-state index >= 15 is 0 Å². The molecule has 4 heteroatoms. The van der Waals surface area contributed by atoms with Crippen LogP contribution in [0.1, 0.15) is 11.1 Å². The number of benzene rings is 2. The Kier molecular flexibility index (Phi) is 2.51. The molecule has 4 heterocycles. The molecule has 0 saturated heterocycles. The summed E-state index contributed by atoms with van der Waals surface area (Å²) in [6.07, 6.45) is 6.56. The lowest BCUT2D eigenvalue weighted by atomic mass is 9.98. The van der Waals surface area contributed by atoms with Gasteiger partial charge in [0.15, 0.2) is 5.65 Å². The van der Waals surface area contributed by atoms with Gasteiger partial charge < -0.3 is 0 Å². The molecule has 0 atom stereocenters. The Bertz CT molecular complexity index is 1590. The fraction of sp³-hybridized carbons (Fsp3) is 0.0417. The summed E-state index contributed by atoms with van der Waals surface area (Å²) in [7, 11) is 0. The molecule has 130 valence electrons. The van der Waals surface area contributed by atoms with Crippen molar-refractivity contribution >= 4 is 38.5 Å². The molecule has 0 unspecified atom stereocenters. The Morgan fingerprint density at radius 2 is 1.75 bits per heavy atom. The van der Waals surface area contributed by atoms with E-state index in [-0.39, 0.29) is 0 Å². The van der Waals surface area contributed by atoms with Crippen molar-refractivity contribution in [2.75, 3.05) is 0 Å². The molecule has 0 amide bonds. The third kappa shape index (κ3) is 1.63. The summed E-state index contributed by atoms with van der Waals surface area (Å²) in [5.41, 5.74) is 9.26. The third-order valence-corrected chi connectivity index (χ3v) is 5.96. The fourth-order valence-electron chi connectivity index (χ4n) is 4.79. The smallest absolute Gasteiger partial charge is 0.164 e. The number of hydrogen-bond acceptors (Lipinski definition) is 3. The number of rotatable bonds is 0. The SMILES string of the molecule is c1ccc2c(c1)Cc1c-2ccc2c3cnccc3n3c4ncccc4nc3c12. The summed E-state index contributed by atoms with van der Waals surface area (Å²) >= 11 is 0. The molecule has 1 aliphatic rings. The van der Waals surface area contributed by atoms with Crippen LogP contribution in [-0.4, -0.2) is 19.4 Å². The van der Waals surface area contributed by atoms with E-state index in [0.29, 0.717) is 0 Å². The van der Waals surface area contributed by atoms with E-state index in [9.17, 15) is 0 Å². The number of pyridine rings is 3. The molecule has 0 N–H and O–H groups in total. The minimum Gasteiger partial charge on any atom is -0.276 e. The zero-order valence-electron chi connectivity index (χ0n) is 14.9. The summed E-state index contributed by atoms with van der Waals surface area (Å²) in [4.78, 5) is 14.1. The summed E-state index contributed by atoms with van der Waals surface area (Å²) in [6, 6.07) is 19.2. The first kappa shape index (κ1) is 14.3. The van der Waals surface area contributed by atoms with Crippen LogP contribution in [0, 0.1) is 0 Å². The van der Waals surface area contributed by atoms with Crippen molar-refractivity contribution in [1.82, 2.24) is 19.4 Å². The van der Waals surface area contributed by atoms with Crippen LogP contribution in [0.2, 0.25) is 0 Å². The second-order valence-corrected chi connectivity index (χ2v) is 7.36. The first-order valence-corrected chi connectivity index (χ1v) is 9.43. The van der Waals surface area contributed by atoms with Gasteiger partial charge in [-0.05, 0) is 52.3 Å². The highest BCUT2D eigenvalue weighted by Gasteiger charge is 2.24. The molecule has 4 aromatic heterocycles. The number of hydrogen-bond donors (Lipinski definition) is 0. The predicted molar refractivity (Wildman–Crippen MR) is 112 cm³/mol. The van der Waals surface area contributed by atoms with Crippen LogP contribution < -0.4 is 0 Å². The van der Waals surface area contributed by atoms with Crippen molar-refractivity contribution in [2.24, 2.45) is 0 Å². The number of fused-ring (bicyclic) bond motifs is 12. The molecule has 0 spiro atoms. The van der Waals surface area contributed by atoms with Gasteiger partial charge in [0.05, 0.1) is 5.52 Å². The average Bonchev–Trinajstić information content (AvgIpc) is 3.32. The minimum atomic E-state index is 0.892. The van der Waals surface area contributed by atoms with Gasteiger partial charge >= 0.3 is 0 Å². The van der Waals surface area contributed by atoms with Crippen LogP contribution in [0.25, 0.3) is 49.6 Å². The molecule has 0 bridgehead atoms. The standard InChI is InChI=1S/C24H14N4/c1-2-5-15-14(4-1)12-18-16(15)7-8-17-19-13-25-11-9-21(19)28-23-20(6-3-10-26-23)27-24(28)22(17)18/h1-11,13H,12H2. The zero-order chi connectivity index (χ0) is 18.2. The van der Waals surface area contributed by atoms with Gasteiger partial charge in [-0.15, -0.1) is 0 Å². The average molecular weight is 358 g/mol. The molecular formula is C24H14N4. The normalized spacial score (nSPS) is 12.9. The van der Waals surface area contributed by atoms with E-state index in [1.165, 1.54) is 33.0 Å². The zero-order valence-corrected chi connectivity index (χ0v) is 14.9. The maximum absolute atomic E-state index is 5.01. The van der Waals surface area contributed by atoms with Gasteiger partial charge in [-0.25, -0.2) is 9.97 Å². The Balaban J connectivity index is 1.79. The fourth-order valence-corrected chi connectivity index (χ4v) is 4.79. The van der Waals surface area contributed by atoms with Crippen molar-refractivity contribution in [2.45, 2.75) is 6.42 Å². The maximum atomic E-state index is 5.01. The van der Waals surface area contributed by atoms with Crippen molar-refractivity contribution in [3.05, 3.63) is 84.3 Å². The van der Waals surface area contributed by atoms with Crippen LogP contribution in [0.15, 0.2) is 73.2 Å². The second kappa shape index (κ2) is 4.93. The van der Waals surface area contributed by atoms with Crippen molar-refractivity contribution in [3.8, 4) is 11.1 Å². The molecule has 0 fully saturated rings. The van der Waals surface area contributed by atoms with Gasteiger partial charge in [0.25, 0.3) is 0 Å². The van der Waals surface area contributed by atoms with E-state index in [4.69, 9.17) is 4.98 Å². The molecule has 0 saturated carbocycles. The topological polar surface area (TPSA) is 43.1 Å². The molecule has 2 aromatic carbocycles. The quantitative estimate of drug-likeness (QED) is 0.352. The van der Waals surface area contributed by atoms with E-state index in [1.54, 1.807) is 0 Å². The highest BCUT2D eigenvalue weighted by atomic mass is 15.1. The van der Waals surface area contributed by atoms with E-state index in [0.717, 1.165) is 34.1 Å². The van der Waals surface area contributed by atoms with Crippen LogP contribution in [-0.2, 0) is 6.42 Å². The molecule has 1 aliphatic carbocycles. The van der Waals surface area contributed by atoms with E-state index in [2.05, 4.69) is 56.8 Å². The first-order valence-electron chi connectivity index (χ1n) is 9.43. The monoisotopic (exact) mass is 358 g/mol. The molecule has 7 rings (SSSR count). The Hall–Kier alpha value is -3.79. The summed E-state index contributed by atoms with van der Waals surface area (Å²) in [5.74, 6) is 0. The molecule has 6 aromatic rings. The van der Waals surface area contributed by atoms with Gasteiger partial charge in [0.2, 0.25) is 0 Å². The largest absolute Gasteiger partial charge is 0.276 e. The summed E-state index contributed by atoms with van der Waals surface area (Å²) < 4.78 is 2.19. The van der Waals surface area contributed by atoms with Crippen molar-refractivity contribution < 1.29 is 0 Å². The first-order chi connectivity index (χ1) is 13.9. The summed E-state index contributed by atoms with van der Waals surface area (Å²) in [5, 5.41) is 3.55. The Labute approximate surface area is 160 Å². The molecular weight excluding hydrogens is 344 g/mol. The van der Waals surface area contributed by atoms with E-state index < -0.39 is 0 Å². The maximum Gasteiger partial charge on any atom is 0.164 e. The van der Waals surface area contributed by atoms with Crippen molar-refractivity contribution in [3.63, 3.8) is 0 Å². The molecule has 0 aliphatic heterocycles. The lowest BCUT2D eigenvalue weighted by Gasteiger charge is -2.11. The number of nitrogens with zero attached hydrogens (tertiary/aromatic N) is 4. The summed E-state index contributed by atoms with van der Waals surface area (Å²) in [6.45, 7) is 0. The highest BCUT2D eigenvalue weighted by Crippen LogP contribution is 2.43. The number of imidazole rings is 1. The number of aromatic nitrogens is 4. The highest BCUT2D eigenvalue weighted by molar-refractivity contribution is 6.16. The lowest BCUT2D eigenvalue weighted by molar-refractivity contribution is 1.23. The van der Waals surface area contributed by atoms with Gasteiger partial charge in [0, 0.05) is 29.4 Å². The van der Waals surface area contributed by atoms with Gasteiger partial charge in [-0.3, -0.25) is 9.38 Å². The lowest BCUT2D eigenvalue weighted by Crippen LogP contribution is -1.95. The Morgan fingerprint density at radius 1 is 0.786 bits per heavy atom. The third-order valence-electron chi connectivity index (χ3n) is 5.96. The van der Waals surface area contributed by atoms with Crippen LogP contribution in [0.3, 0.4) is 0 Å². The Morgan fingerprint density at radius 3 is 2.75 bits per heavy atom. The second-order valence-electron chi connectivity index (χ2n) is 7.36. The molecule has 0 radical (unpaired) electrons. The van der Waals surface area contributed by atoms with Crippen LogP contribution >= 0.6 is 0 Å². The van der Waals surface area contributed by atoms with Crippen LogP contribution in [0.5, 0.6) is 0 Å². The van der Waals surface area contributed by atoms with Crippen LogP contribution in [0.4, 0.5) is 0 Å². The van der Waals surface area contributed by atoms with Gasteiger partial charge in [0.1, 0.15) is 11.2 Å². The molecule has 28 heavy (non-hydrogen) atoms.